The van der Waals surface area contributed by atoms with Gasteiger partial charge in [-0.3, -0.25) is 9.52 Å². The molecule has 1 fully saturated rings. The second-order valence-electron chi connectivity index (χ2n) is 7.05. The van der Waals surface area contributed by atoms with E-state index in [0.717, 1.165) is 23.5 Å². The van der Waals surface area contributed by atoms with Gasteiger partial charge in [0.05, 0.1) is 19.2 Å². The van der Waals surface area contributed by atoms with Gasteiger partial charge in [-0.05, 0) is 42.0 Å². The number of hydrogen-bond donors (Lipinski definition) is 0. The Hall–Kier alpha value is -2.61. The van der Waals surface area contributed by atoms with E-state index in [1.165, 1.54) is 0 Å². The van der Waals surface area contributed by atoms with E-state index >= 15 is 0 Å². The largest absolute Gasteiger partial charge is 0.497 e. The highest BCUT2D eigenvalue weighted by Crippen LogP contribution is 2.41. The minimum atomic E-state index is -0.409. The number of likely N-dealkylation sites (N-methyl/N-ethyl adjacent to an activating group) is 1. The van der Waals surface area contributed by atoms with Crippen LogP contribution in [0.1, 0.15) is 12.0 Å². The van der Waals surface area contributed by atoms with E-state index < -0.39 is 5.54 Å². The van der Waals surface area contributed by atoms with Gasteiger partial charge in [0.25, 0.3) is 0 Å². The molecule has 2 aromatic carbocycles. The fourth-order valence-electron chi connectivity index (χ4n) is 3.72. The molecule has 2 heterocycles. The Kier molecular flexibility index (Phi) is 5.71. The number of hydroxylamine groups is 2. The highest BCUT2D eigenvalue weighted by atomic mass is 35.5. The van der Waals surface area contributed by atoms with Crippen LogP contribution in [0.2, 0.25) is 5.02 Å². The summed E-state index contributed by atoms with van der Waals surface area (Å²) >= 11 is 5.94. The van der Waals surface area contributed by atoms with Crippen LogP contribution in [-0.4, -0.2) is 46.7 Å². The fraction of sp³-hybridized carbons (Fsp3) is 0.333. The van der Waals surface area contributed by atoms with Crippen LogP contribution < -0.4 is 9.47 Å². The van der Waals surface area contributed by atoms with Crippen molar-refractivity contribution in [2.45, 2.75) is 24.6 Å². The highest BCUT2D eigenvalue weighted by Gasteiger charge is 2.47. The smallest absolute Gasteiger partial charge is 0.137 e. The van der Waals surface area contributed by atoms with Gasteiger partial charge in [-0.2, -0.15) is 10.2 Å². The van der Waals surface area contributed by atoms with Crippen LogP contribution in [-0.2, 0) is 16.9 Å². The zero-order valence-electron chi connectivity index (χ0n) is 16.4. The summed E-state index contributed by atoms with van der Waals surface area (Å²) in [5.41, 5.74) is 0.707. The van der Waals surface area contributed by atoms with Gasteiger partial charge in [0.15, 0.2) is 0 Å². The molecule has 4 rings (SSSR count). The minimum Gasteiger partial charge on any atom is -0.497 e. The van der Waals surface area contributed by atoms with Gasteiger partial charge in [-0.25, -0.2) is 4.98 Å². The first-order valence-electron chi connectivity index (χ1n) is 9.35. The highest BCUT2D eigenvalue weighted by molar-refractivity contribution is 6.30. The van der Waals surface area contributed by atoms with Crippen molar-refractivity contribution >= 4 is 11.6 Å². The van der Waals surface area contributed by atoms with Crippen molar-refractivity contribution in [3.8, 4) is 11.5 Å². The molecule has 0 bridgehead atoms. The lowest BCUT2D eigenvalue weighted by atomic mass is 9.85. The Labute approximate surface area is 174 Å². The summed E-state index contributed by atoms with van der Waals surface area (Å²) in [5.74, 6) is 1.58. The molecule has 0 radical (unpaired) electrons. The maximum absolute atomic E-state index is 6.17. The van der Waals surface area contributed by atoms with Gasteiger partial charge in [0, 0.05) is 18.5 Å². The quantitative estimate of drug-likeness (QED) is 0.589. The molecule has 3 aromatic rings. The molecule has 7 nitrogen and oxygen atoms in total. The van der Waals surface area contributed by atoms with E-state index in [2.05, 4.69) is 22.2 Å². The van der Waals surface area contributed by atoms with Gasteiger partial charge in [-0.15, -0.1) is 0 Å². The maximum atomic E-state index is 6.17. The van der Waals surface area contributed by atoms with Gasteiger partial charge in [0.2, 0.25) is 0 Å². The standard InChI is InChI=1S/C21H23ClN4O3/c1-25-21(13-26-15-23-14-24-26,16-3-7-18(27-2)8-4-16)11-20(29-25)12-28-19-9-5-17(22)6-10-19/h3-10,14-15,20H,11-13H2,1-2H3. The molecule has 0 saturated carbocycles. The number of rotatable bonds is 7. The second kappa shape index (κ2) is 8.41. The van der Waals surface area contributed by atoms with Gasteiger partial charge < -0.3 is 9.47 Å². The number of benzene rings is 2. The molecule has 2 unspecified atom stereocenters. The number of hydrogen-bond acceptors (Lipinski definition) is 6. The molecule has 1 aliphatic rings. The Morgan fingerprint density at radius 2 is 1.86 bits per heavy atom. The summed E-state index contributed by atoms with van der Waals surface area (Å²) in [4.78, 5) is 10.3. The lowest BCUT2D eigenvalue weighted by Crippen LogP contribution is -2.42. The Morgan fingerprint density at radius 3 is 2.52 bits per heavy atom. The lowest BCUT2D eigenvalue weighted by molar-refractivity contribution is -0.180. The molecule has 29 heavy (non-hydrogen) atoms. The average Bonchev–Trinajstić information content (AvgIpc) is 3.36. The Bertz CT molecular complexity index is 918. The van der Waals surface area contributed by atoms with Crippen LogP contribution in [0.15, 0.2) is 61.2 Å². The van der Waals surface area contributed by atoms with Crippen LogP contribution in [0.5, 0.6) is 11.5 Å². The van der Waals surface area contributed by atoms with E-state index in [9.17, 15) is 0 Å². The molecular formula is C21H23ClN4O3. The zero-order valence-corrected chi connectivity index (χ0v) is 17.1. The molecule has 1 saturated heterocycles. The van der Waals surface area contributed by atoms with Crippen molar-refractivity contribution < 1.29 is 14.3 Å². The van der Waals surface area contributed by atoms with Crippen molar-refractivity contribution in [2.24, 2.45) is 0 Å². The summed E-state index contributed by atoms with van der Waals surface area (Å²) < 4.78 is 13.1. The number of aromatic nitrogens is 3. The van der Waals surface area contributed by atoms with Crippen LogP contribution in [0.4, 0.5) is 0 Å². The molecule has 0 amide bonds. The molecule has 0 spiro atoms. The molecule has 0 N–H and O–H groups in total. The number of ether oxygens (including phenoxy) is 2. The monoisotopic (exact) mass is 414 g/mol. The topological polar surface area (TPSA) is 61.6 Å². The summed E-state index contributed by atoms with van der Waals surface area (Å²) in [5, 5.41) is 6.89. The molecule has 152 valence electrons. The molecule has 8 heteroatoms. The van der Waals surface area contributed by atoms with Gasteiger partial charge >= 0.3 is 0 Å². The average molecular weight is 415 g/mol. The summed E-state index contributed by atoms with van der Waals surface area (Å²) in [6.07, 6.45) is 3.89. The molecule has 1 aromatic heterocycles. The summed E-state index contributed by atoms with van der Waals surface area (Å²) in [7, 11) is 3.61. The van der Waals surface area contributed by atoms with E-state index in [1.807, 2.05) is 53.2 Å². The first kappa shape index (κ1) is 19.7. The number of methoxy groups -OCH3 is 1. The maximum Gasteiger partial charge on any atom is 0.137 e. The van der Waals surface area contributed by atoms with Crippen molar-refractivity contribution in [3.63, 3.8) is 0 Å². The molecule has 2 atom stereocenters. The number of halogens is 1. The van der Waals surface area contributed by atoms with Crippen molar-refractivity contribution in [1.82, 2.24) is 19.8 Å². The van der Waals surface area contributed by atoms with Crippen LogP contribution >= 0.6 is 11.6 Å². The Balaban J connectivity index is 1.55. The third-order valence-electron chi connectivity index (χ3n) is 5.24. The second-order valence-corrected chi connectivity index (χ2v) is 7.48. The minimum absolute atomic E-state index is 0.110. The van der Waals surface area contributed by atoms with Crippen molar-refractivity contribution in [2.75, 3.05) is 20.8 Å². The Morgan fingerprint density at radius 1 is 1.14 bits per heavy atom. The molecular weight excluding hydrogens is 392 g/mol. The predicted octanol–water partition coefficient (Wildman–Crippen LogP) is 3.55. The summed E-state index contributed by atoms with van der Waals surface area (Å²) in [6.45, 7) is 1.04. The van der Waals surface area contributed by atoms with Crippen LogP contribution in [0.3, 0.4) is 0 Å². The van der Waals surface area contributed by atoms with Crippen molar-refractivity contribution in [1.29, 1.82) is 0 Å². The first-order chi connectivity index (χ1) is 14.1. The van der Waals surface area contributed by atoms with Gasteiger partial charge in [-0.1, -0.05) is 23.7 Å². The molecule has 0 aliphatic carbocycles. The predicted molar refractivity (Wildman–Crippen MR) is 109 cm³/mol. The van der Waals surface area contributed by atoms with Crippen LogP contribution in [0, 0.1) is 0 Å². The normalized spacial score (nSPS) is 22.0. The third kappa shape index (κ3) is 4.22. The van der Waals surface area contributed by atoms with Crippen molar-refractivity contribution in [3.05, 3.63) is 71.8 Å². The zero-order chi connectivity index (χ0) is 20.3. The molecule has 1 aliphatic heterocycles. The first-order valence-corrected chi connectivity index (χ1v) is 9.73. The number of nitrogens with zero attached hydrogens (tertiary/aromatic N) is 4. The van der Waals surface area contributed by atoms with E-state index in [0.29, 0.717) is 18.2 Å². The fourth-order valence-corrected chi connectivity index (χ4v) is 3.84. The van der Waals surface area contributed by atoms with E-state index in [-0.39, 0.29) is 6.10 Å². The summed E-state index contributed by atoms with van der Waals surface area (Å²) in [6, 6.07) is 15.4. The lowest BCUT2D eigenvalue weighted by Gasteiger charge is -2.34. The van der Waals surface area contributed by atoms with E-state index in [1.54, 1.807) is 19.8 Å². The van der Waals surface area contributed by atoms with Gasteiger partial charge in [0.1, 0.15) is 36.9 Å². The van der Waals surface area contributed by atoms with Crippen LogP contribution in [0.25, 0.3) is 0 Å². The SMILES string of the molecule is COc1ccc(C2(Cn3cncn3)CC(COc3ccc(Cl)cc3)ON2C)cc1. The van der Waals surface area contributed by atoms with E-state index in [4.69, 9.17) is 25.9 Å². The third-order valence-corrected chi connectivity index (χ3v) is 5.49.